The summed E-state index contributed by atoms with van der Waals surface area (Å²) in [6, 6.07) is 18.9. The van der Waals surface area contributed by atoms with Gasteiger partial charge in [0.15, 0.2) is 5.78 Å². The number of rotatable bonds is 4. The molecule has 1 spiro atoms. The number of anilines is 1. The van der Waals surface area contributed by atoms with Crippen molar-refractivity contribution in [3.8, 4) is 0 Å². The van der Waals surface area contributed by atoms with Gasteiger partial charge in [0.05, 0.1) is 10.8 Å². The second-order valence-electron chi connectivity index (χ2n) is 9.03. The van der Waals surface area contributed by atoms with Crippen molar-refractivity contribution in [1.82, 2.24) is 4.90 Å². The fourth-order valence-electron chi connectivity index (χ4n) is 6.04. The van der Waals surface area contributed by atoms with E-state index in [1.54, 1.807) is 23.9 Å². The minimum absolute atomic E-state index is 0.0649. The third-order valence-corrected chi connectivity index (χ3v) is 8.44. The maximum Gasteiger partial charge on any atom is 0.269 e. The molecule has 0 saturated carbocycles. The summed E-state index contributed by atoms with van der Waals surface area (Å²) in [6.45, 7) is 0. The van der Waals surface area contributed by atoms with Gasteiger partial charge in [-0.2, -0.15) is 0 Å². The third-order valence-electron chi connectivity index (χ3n) is 7.41. The zero-order valence-corrected chi connectivity index (χ0v) is 19.2. The number of halogens is 1. The van der Waals surface area contributed by atoms with Gasteiger partial charge in [-0.05, 0) is 35.9 Å². The number of nitrogens with zero attached hydrogens (tertiary/aromatic N) is 2. The quantitative estimate of drug-likeness (QED) is 0.328. The molecule has 3 aromatic rings. The van der Waals surface area contributed by atoms with E-state index in [0.717, 1.165) is 5.56 Å². The smallest absolute Gasteiger partial charge is 0.269 e. The highest BCUT2D eigenvalue weighted by Crippen LogP contribution is 2.61. The molecular formula is C26H20FN3O4S. The molecule has 3 aliphatic heterocycles. The van der Waals surface area contributed by atoms with Gasteiger partial charge in [-0.25, -0.2) is 4.39 Å². The van der Waals surface area contributed by atoms with Crippen LogP contribution in [0, 0.1) is 21.8 Å². The molecule has 0 aliphatic carbocycles. The molecule has 3 aromatic carbocycles. The molecule has 6 rings (SSSR count). The normalized spacial score (nSPS) is 27.0. The summed E-state index contributed by atoms with van der Waals surface area (Å²) < 4.78 is 13.7. The minimum atomic E-state index is -1.27. The molecule has 0 bridgehead atoms. The monoisotopic (exact) mass is 489 g/mol. The average molecular weight is 490 g/mol. The van der Waals surface area contributed by atoms with Crippen molar-refractivity contribution in [3.63, 3.8) is 0 Å². The standard InChI is InChI=1S/C26H20FN3O4S/c27-17-10-8-15(9-11-17)24(31)23-22(16-4-3-5-18(12-16)30(33)34)21-13-35-14-29(21)26(23)19-6-1-2-7-20(19)28-25(26)32/h1-12,21-23H,13-14H2,(H,28,32)/t21-,22+,23+,26-/m1/s1. The number of carbonyl (C=O) groups excluding carboxylic acids is 2. The first-order valence-corrected chi connectivity index (χ1v) is 12.4. The molecule has 9 heteroatoms. The van der Waals surface area contributed by atoms with Crippen LogP contribution in [-0.4, -0.2) is 39.2 Å². The number of hydrogen-bond acceptors (Lipinski definition) is 6. The Labute approximate surface area is 204 Å². The molecule has 0 radical (unpaired) electrons. The Kier molecular flexibility index (Phi) is 5.01. The molecule has 0 unspecified atom stereocenters. The van der Waals surface area contributed by atoms with Gasteiger partial charge in [-0.3, -0.25) is 24.6 Å². The molecule has 2 fully saturated rings. The van der Waals surface area contributed by atoms with Crippen molar-refractivity contribution in [1.29, 1.82) is 0 Å². The maximum atomic E-state index is 14.2. The molecule has 2 saturated heterocycles. The van der Waals surface area contributed by atoms with E-state index in [4.69, 9.17) is 0 Å². The van der Waals surface area contributed by atoms with Crippen LogP contribution in [-0.2, 0) is 10.3 Å². The summed E-state index contributed by atoms with van der Waals surface area (Å²) >= 11 is 1.68. The molecule has 35 heavy (non-hydrogen) atoms. The predicted molar refractivity (Wildman–Crippen MR) is 130 cm³/mol. The zero-order valence-electron chi connectivity index (χ0n) is 18.4. The number of non-ortho nitro benzene ring substituents is 1. The molecule has 4 atom stereocenters. The third kappa shape index (κ3) is 3.08. The first-order valence-electron chi connectivity index (χ1n) is 11.2. The highest BCUT2D eigenvalue weighted by Gasteiger charge is 2.69. The fourth-order valence-corrected chi connectivity index (χ4v) is 7.37. The van der Waals surface area contributed by atoms with Gasteiger partial charge in [0.25, 0.3) is 5.69 Å². The Morgan fingerprint density at radius 2 is 1.89 bits per heavy atom. The maximum absolute atomic E-state index is 14.2. The van der Waals surface area contributed by atoms with Crippen LogP contribution in [0.2, 0.25) is 0 Å². The van der Waals surface area contributed by atoms with Gasteiger partial charge in [0, 0.05) is 52.5 Å². The number of benzene rings is 3. The summed E-state index contributed by atoms with van der Waals surface area (Å²) in [5.41, 5.74) is 0.995. The van der Waals surface area contributed by atoms with Crippen molar-refractivity contribution in [2.45, 2.75) is 17.5 Å². The second kappa shape index (κ2) is 8.00. The number of thioether (sulfide) groups is 1. The van der Waals surface area contributed by atoms with E-state index in [1.807, 2.05) is 24.3 Å². The Morgan fingerprint density at radius 1 is 1.11 bits per heavy atom. The van der Waals surface area contributed by atoms with Gasteiger partial charge in [0.2, 0.25) is 5.91 Å². The van der Waals surface area contributed by atoms with Crippen LogP contribution in [0.15, 0.2) is 72.8 Å². The van der Waals surface area contributed by atoms with E-state index in [2.05, 4.69) is 10.2 Å². The average Bonchev–Trinajstić information content (AvgIpc) is 3.52. The lowest BCUT2D eigenvalue weighted by Gasteiger charge is -2.36. The highest BCUT2D eigenvalue weighted by atomic mass is 32.2. The SMILES string of the molecule is O=C(c1ccc(F)cc1)[C@@H]1[C@@H](c2cccc([N+](=O)[O-])c2)[C@H]2CSCN2[C@@]12C(=O)Nc1ccccc12. The van der Waals surface area contributed by atoms with E-state index in [-0.39, 0.29) is 23.4 Å². The van der Waals surface area contributed by atoms with Crippen LogP contribution < -0.4 is 5.32 Å². The zero-order chi connectivity index (χ0) is 24.3. The van der Waals surface area contributed by atoms with Crippen molar-refractivity contribution < 1.29 is 18.9 Å². The van der Waals surface area contributed by atoms with Crippen LogP contribution in [0.5, 0.6) is 0 Å². The van der Waals surface area contributed by atoms with Crippen LogP contribution in [0.4, 0.5) is 15.8 Å². The van der Waals surface area contributed by atoms with E-state index >= 15 is 0 Å². The van der Waals surface area contributed by atoms with E-state index in [9.17, 15) is 24.1 Å². The number of amides is 1. The Hall–Kier alpha value is -3.56. The lowest BCUT2D eigenvalue weighted by atomic mass is 9.69. The van der Waals surface area contributed by atoms with Crippen LogP contribution >= 0.6 is 11.8 Å². The summed E-state index contributed by atoms with van der Waals surface area (Å²) in [6.07, 6.45) is 0. The summed E-state index contributed by atoms with van der Waals surface area (Å²) in [7, 11) is 0. The largest absolute Gasteiger partial charge is 0.324 e. The Balaban J connectivity index is 1.61. The van der Waals surface area contributed by atoms with Crippen LogP contribution in [0.25, 0.3) is 0 Å². The summed E-state index contributed by atoms with van der Waals surface area (Å²) in [5, 5.41) is 14.5. The lowest BCUT2D eigenvalue weighted by Crippen LogP contribution is -2.52. The van der Waals surface area contributed by atoms with Crippen molar-refractivity contribution in [2.24, 2.45) is 5.92 Å². The molecule has 3 aliphatic rings. The van der Waals surface area contributed by atoms with Crippen molar-refractivity contribution in [3.05, 3.63) is 105 Å². The van der Waals surface area contributed by atoms with E-state index in [1.165, 1.54) is 36.4 Å². The van der Waals surface area contributed by atoms with Gasteiger partial charge in [-0.1, -0.05) is 30.3 Å². The molecule has 3 heterocycles. The number of nitro benzene ring substituents is 1. The molecule has 176 valence electrons. The van der Waals surface area contributed by atoms with Crippen molar-refractivity contribution >= 4 is 34.8 Å². The van der Waals surface area contributed by atoms with Gasteiger partial charge < -0.3 is 5.32 Å². The number of para-hydroxylation sites is 1. The molecular weight excluding hydrogens is 469 g/mol. The van der Waals surface area contributed by atoms with Gasteiger partial charge >= 0.3 is 0 Å². The van der Waals surface area contributed by atoms with E-state index < -0.39 is 28.1 Å². The van der Waals surface area contributed by atoms with E-state index in [0.29, 0.717) is 28.4 Å². The number of ketones is 1. The fraction of sp³-hybridized carbons (Fsp3) is 0.231. The number of nitrogens with one attached hydrogen (secondary N) is 1. The number of carbonyl (C=O) groups is 2. The van der Waals surface area contributed by atoms with Gasteiger partial charge in [-0.15, -0.1) is 11.8 Å². The number of hydrogen-bond donors (Lipinski definition) is 1. The molecule has 1 amide bonds. The Bertz CT molecular complexity index is 1380. The number of nitro groups is 1. The lowest BCUT2D eigenvalue weighted by molar-refractivity contribution is -0.384. The topological polar surface area (TPSA) is 92.5 Å². The number of Topliss-reactive ketones (excluding diaryl/α,β-unsaturated/α-hetero) is 1. The molecule has 1 N–H and O–H groups in total. The minimum Gasteiger partial charge on any atom is -0.324 e. The summed E-state index contributed by atoms with van der Waals surface area (Å²) in [4.78, 5) is 41.3. The van der Waals surface area contributed by atoms with Crippen LogP contribution in [0.1, 0.15) is 27.4 Å². The molecule has 0 aromatic heterocycles. The molecule has 7 nitrogen and oxygen atoms in total. The second-order valence-corrected chi connectivity index (χ2v) is 10.0. The van der Waals surface area contributed by atoms with Crippen molar-refractivity contribution in [2.75, 3.05) is 16.9 Å². The highest BCUT2D eigenvalue weighted by molar-refractivity contribution is 7.99. The summed E-state index contributed by atoms with van der Waals surface area (Å²) in [5.74, 6) is -1.13. The first-order chi connectivity index (χ1) is 16.9. The predicted octanol–water partition coefficient (Wildman–Crippen LogP) is 4.55. The van der Waals surface area contributed by atoms with Crippen LogP contribution in [0.3, 0.4) is 0 Å². The first kappa shape index (κ1) is 21.9. The number of fused-ring (bicyclic) bond motifs is 4. The Morgan fingerprint density at radius 3 is 2.66 bits per heavy atom. The van der Waals surface area contributed by atoms with Gasteiger partial charge in [0.1, 0.15) is 11.4 Å².